The third kappa shape index (κ3) is 6.63. The second-order valence-corrected chi connectivity index (χ2v) is 3.10. The fourth-order valence-electron chi connectivity index (χ4n) is 0.904. The first-order chi connectivity index (χ1) is 7.47. The molecular weight excluding hydrogens is 218 g/mol. The van der Waals surface area contributed by atoms with Crippen LogP contribution in [0.25, 0.3) is 0 Å². The minimum atomic E-state index is -1.28. The summed E-state index contributed by atoms with van der Waals surface area (Å²) in [6.07, 6.45) is -0.725. The lowest BCUT2D eigenvalue weighted by molar-refractivity contribution is -0.140. The van der Waals surface area contributed by atoms with E-state index in [0.717, 1.165) is 0 Å². The summed E-state index contributed by atoms with van der Waals surface area (Å²) < 4.78 is 4.62. The first-order valence-electron chi connectivity index (χ1n) is 4.85. The zero-order valence-electron chi connectivity index (χ0n) is 8.93. The highest BCUT2D eigenvalue weighted by Crippen LogP contribution is 1.98. The molecule has 0 saturated carbocycles. The number of carboxylic acids is 2. The molecule has 0 aliphatic heterocycles. The van der Waals surface area contributed by atoms with Gasteiger partial charge in [0.2, 0.25) is 0 Å². The molecule has 0 radical (unpaired) electrons. The number of rotatable bonds is 7. The molecular formula is C9H15NO6. The molecule has 0 aromatic heterocycles. The normalized spacial score (nSPS) is 11.6. The summed E-state index contributed by atoms with van der Waals surface area (Å²) in [5.74, 6) is -2.40. The largest absolute Gasteiger partial charge is 0.481 e. The van der Waals surface area contributed by atoms with E-state index in [-0.39, 0.29) is 19.4 Å². The van der Waals surface area contributed by atoms with Gasteiger partial charge in [-0.15, -0.1) is 0 Å². The third-order valence-electron chi connectivity index (χ3n) is 1.67. The molecule has 0 aromatic rings. The van der Waals surface area contributed by atoms with Crippen LogP contribution in [0, 0.1) is 0 Å². The van der Waals surface area contributed by atoms with E-state index >= 15 is 0 Å². The van der Waals surface area contributed by atoms with Gasteiger partial charge in [-0.2, -0.15) is 0 Å². The SMILES string of the molecule is CCCOC(=O)N[C@H](CCC(=O)O)C(=O)O. The van der Waals surface area contributed by atoms with Gasteiger partial charge in [0.15, 0.2) is 0 Å². The summed E-state index contributed by atoms with van der Waals surface area (Å²) >= 11 is 0. The van der Waals surface area contributed by atoms with E-state index in [0.29, 0.717) is 6.42 Å². The molecule has 0 saturated heterocycles. The van der Waals surface area contributed by atoms with Gasteiger partial charge < -0.3 is 20.3 Å². The van der Waals surface area contributed by atoms with E-state index in [1.54, 1.807) is 6.92 Å². The zero-order valence-corrected chi connectivity index (χ0v) is 8.93. The number of hydrogen-bond donors (Lipinski definition) is 3. The quantitative estimate of drug-likeness (QED) is 0.588. The van der Waals surface area contributed by atoms with E-state index in [1.165, 1.54) is 0 Å². The first kappa shape index (κ1) is 14.2. The van der Waals surface area contributed by atoms with E-state index < -0.39 is 24.1 Å². The maximum atomic E-state index is 11.0. The predicted molar refractivity (Wildman–Crippen MR) is 53.1 cm³/mol. The highest BCUT2D eigenvalue weighted by Gasteiger charge is 2.21. The highest BCUT2D eigenvalue weighted by molar-refractivity contribution is 5.80. The van der Waals surface area contributed by atoms with Gasteiger partial charge in [0.05, 0.1) is 6.61 Å². The summed E-state index contributed by atoms with van der Waals surface area (Å²) in [6.45, 7) is 1.99. The molecule has 1 amide bonds. The van der Waals surface area contributed by atoms with Crippen LogP contribution in [0.15, 0.2) is 0 Å². The Hall–Kier alpha value is -1.79. The Morgan fingerprint density at radius 1 is 1.31 bits per heavy atom. The van der Waals surface area contributed by atoms with Gasteiger partial charge in [-0.05, 0) is 12.8 Å². The van der Waals surface area contributed by atoms with Crippen molar-refractivity contribution in [3.63, 3.8) is 0 Å². The lowest BCUT2D eigenvalue weighted by atomic mass is 10.1. The molecule has 0 aliphatic rings. The number of alkyl carbamates (subject to hydrolysis) is 1. The Labute approximate surface area is 92.4 Å². The molecule has 0 aromatic carbocycles. The minimum absolute atomic E-state index is 0.175. The van der Waals surface area contributed by atoms with Gasteiger partial charge in [0.25, 0.3) is 0 Å². The third-order valence-corrected chi connectivity index (χ3v) is 1.67. The Bertz CT molecular complexity index is 265. The molecule has 7 heteroatoms. The highest BCUT2D eigenvalue weighted by atomic mass is 16.5. The van der Waals surface area contributed by atoms with Crippen LogP contribution >= 0.6 is 0 Å². The van der Waals surface area contributed by atoms with Crippen molar-refractivity contribution in [1.82, 2.24) is 5.32 Å². The fourth-order valence-corrected chi connectivity index (χ4v) is 0.904. The van der Waals surface area contributed by atoms with Crippen LogP contribution in [-0.4, -0.2) is 40.9 Å². The lowest BCUT2D eigenvalue weighted by Gasteiger charge is -2.13. The van der Waals surface area contributed by atoms with E-state index in [4.69, 9.17) is 10.2 Å². The molecule has 0 bridgehead atoms. The molecule has 0 aliphatic carbocycles. The van der Waals surface area contributed by atoms with Gasteiger partial charge in [0.1, 0.15) is 6.04 Å². The molecule has 0 spiro atoms. The Morgan fingerprint density at radius 3 is 2.38 bits per heavy atom. The van der Waals surface area contributed by atoms with Gasteiger partial charge in [0, 0.05) is 6.42 Å². The van der Waals surface area contributed by atoms with E-state index in [2.05, 4.69) is 10.1 Å². The maximum absolute atomic E-state index is 11.0. The average Bonchev–Trinajstić information content (AvgIpc) is 2.20. The van der Waals surface area contributed by atoms with Crippen molar-refractivity contribution in [1.29, 1.82) is 0 Å². The van der Waals surface area contributed by atoms with Crippen LogP contribution in [0.4, 0.5) is 4.79 Å². The Morgan fingerprint density at radius 2 is 1.94 bits per heavy atom. The standard InChI is InChI=1S/C9H15NO6/c1-2-5-16-9(15)10-6(8(13)14)3-4-7(11)12/h6H,2-5H2,1H3,(H,10,15)(H,11,12)(H,13,14)/t6-/m1/s1. The van der Waals surface area contributed by atoms with Crippen molar-refractivity contribution in [2.75, 3.05) is 6.61 Å². The number of aliphatic carboxylic acids is 2. The predicted octanol–water partition coefficient (Wildman–Crippen LogP) is 0.441. The molecule has 0 unspecified atom stereocenters. The number of hydrogen-bond acceptors (Lipinski definition) is 4. The smallest absolute Gasteiger partial charge is 0.407 e. The van der Waals surface area contributed by atoms with Gasteiger partial charge in [-0.1, -0.05) is 6.92 Å². The van der Waals surface area contributed by atoms with Crippen molar-refractivity contribution >= 4 is 18.0 Å². The number of carbonyl (C=O) groups is 3. The number of ether oxygens (including phenoxy) is 1. The zero-order chi connectivity index (χ0) is 12.6. The second kappa shape index (κ2) is 7.49. The van der Waals surface area contributed by atoms with Crippen LogP contribution in [0.3, 0.4) is 0 Å². The van der Waals surface area contributed by atoms with Crippen LogP contribution in [0.1, 0.15) is 26.2 Å². The number of nitrogens with one attached hydrogen (secondary N) is 1. The molecule has 1 atom stereocenters. The molecule has 0 heterocycles. The Balaban J connectivity index is 4.07. The average molecular weight is 233 g/mol. The van der Waals surface area contributed by atoms with Gasteiger partial charge in [-0.25, -0.2) is 9.59 Å². The van der Waals surface area contributed by atoms with Crippen molar-refractivity contribution < 1.29 is 29.3 Å². The Kier molecular flexibility index (Phi) is 6.66. The molecule has 0 fully saturated rings. The van der Waals surface area contributed by atoms with Gasteiger partial charge in [-0.3, -0.25) is 4.79 Å². The van der Waals surface area contributed by atoms with Crippen molar-refractivity contribution in [3.05, 3.63) is 0 Å². The number of carboxylic acid groups (broad SMARTS) is 2. The fraction of sp³-hybridized carbons (Fsp3) is 0.667. The lowest BCUT2D eigenvalue weighted by Crippen LogP contribution is -2.41. The van der Waals surface area contributed by atoms with E-state index in [1.807, 2.05) is 0 Å². The van der Waals surface area contributed by atoms with Gasteiger partial charge >= 0.3 is 18.0 Å². The second-order valence-electron chi connectivity index (χ2n) is 3.10. The molecule has 92 valence electrons. The monoisotopic (exact) mass is 233 g/mol. The van der Waals surface area contributed by atoms with Crippen LogP contribution in [0.2, 0.25) is 0 Å². The summed E-state index contributed by atoms with van der Waals surface area (Å²) in [5.41, 5.74) is 0. The van der Waals surface area contributed by atoms with Crippen LogP contribution < -0.4 is 5.32 Å². The number of carbonyl (C=O) groups excluding carboxylic acids is 1. The van der Waals surface area contributed by atoms with Crippen molar-refractivity contribution in [3.8, 4) is 0 Å². The molecule has 0 rings (SSSR count). The van der Waals surface area contributed by atoms with Crippen LogP contribution in [-0.2, 0) is 14.3 Å². The number of amides is 1. The molecule has 3 N–H and O–H groups in total. The summed E-state index contributed by atoms with van der Waals surface area (Å²) in [4.78, 5) is 31.9. The minimum Gasteiger partial charge on any atom is -0.481 e. The molecule has 7 nitrogen and oxygen atoms in total. The topological polar surface area (TPSA) is 113 Å². The summed E-state index contributed by atoms with van der Waals surface area (Å²) in [7, 11) is 0. The van der Waals surface area contributed by atoms with E-state index in [9.17, 15) is 14.4 Å². The van der Waals surface area contributed by atoms with Crippen LogP contribution in [0.5, 0.6) is 0 Å². The summed E-state index contributed by atoms with van der Waals surface area (Å²) in [6, 6.07) is -1.24. The molecule has 16 heavy (non-hydrogen) atoms. The first-order valence-corrected chi connectivity index (χ1v) is 4.85. The van der Waals surface area contributed by atoms with Crippen molar-refractivity contribution in [2.24, 2.45) is 0 Å². The summed E-state index contributed by atoms with van der Waals surface area (Å²) in [5, 5.41) is 19.2. The van der Waals surface area contributed by atoms with Crippen molar-refractivity contribution in [2.45, 2.75) is 32.2 Å². The maximum Gasteiger partial charge on any atom is 0.407 e.